The van der Waals surface area contributed by atoms with Crippen molar-refractivity contribution in [2.45, 2.75) is 51.0 Å². The lowest BCUT2D eigenvalue weighted by molar-refractivity contribution is -0.172. The van der Waals surface area contributed by atoms with Crippen LogP contribution in [0.3, 0.4) is 0 Å². The molecule has 0 fully saturated rings. The number of pyridine rings is 2. The van der Waals surface area contributed by atoms with Crippen LogP contribution in [0.1, 0.15) is 65.6 Å². The van der Waals surface area contributed by atoms with E-state index in [-0.39, 0.29) is 53.8 Å². The van der Waals surface area contributed by atoms with Crippen LogP contribution in [0.25, 0.3) is 33.4 Å². The zero-order valence-corrected chi connectivity index (χ0v) is 26.7. The van der Waals surface area contributed by atoms with Crippen LogP contribution in [-0.2, 0) is 33.0 Å². The molecule has 0 radical (unpaired) electrons. The number of cyclic esters (lactones) is 1. The molecule has 48 heavy (non-hydrogen) atoms. The van der Waals surface area contributed by atoms with Crippen molar-refractivity contribution in [3.8, 4) is 22.5 Å². The molecule has 242 valence electrons. The van der Waals surface area contributed by atoms with Gasteiger partial charge in [-0.3, -0.25) is 4.79 Å². The lowest BCUT2D eigenvalue weighted by Gasteiger charge is -2.31. The Morgan fingerprint density at radius 1 is 1.12 bits per heavy atom. The number of halogens is 2. The number of aromatic nitrogens is 2. The van der Waals surface area contributed by atoms with Gasteiger partial charge in [-0.25, -0.2) is 19.0 Å². The Balaban J connectivity index is 1.16. The number of nitrogens with one attached hydrogen (secondary N) is 1. The zero-order valence-electron chi connectivity index (χ0n) is 26.0. The summed E-state index contributed by atoms with van der Waals surface area (Å²) >= 11 is 6.24. The second kappa shape index (κ2) is 11.0. The topological polar surface area (TPSA) is 120 Å². The van der Waals surface area contributed by atoms with E-state index in [2.05, 4.69) is 17.4 Å². The number of aliphatic hydroxyl groups is 1. The van der Waals surface area contributed by atoms with Gasteiger partial charge in [0.05, 0.1) is 40.1 Å². The lowest BCUT2D eigenvalue weighted by Crippen LogP contribution is -2.44. The van der Waals surface area contributed by atoms with Crippen LogP contribution >= 0.6 is 11.6 Å². The van der Waals surface area contributed by atoms with Crippen molar-refractivity contribution >= 4 is 34.6 Å². The SMILES string of the molecule is CC[C@@]1(O)C(=O)OCc2c1cc1n(c2=O)Cc2c-1nc1cc(F)c(Cl)cc1c2[C@H](C)NC(=O)OCC1c2ccccc2-c2ccccc21. The Hall–Kier alpha value is -5.06. The largest absolute Gasteiger partial charge is 0.458 e. The van der Waals surface area contributed by atoms with Gasteiger partial charge in [-0.15, -0.1) is 0 Å². The van der Waals surface area contributed by atoms with Gasteiger partial charge in [-0.05, 0) is 53.3 Å². The van der Waals surface area contributed by atoms with Crippen LogP contribution in [-0.4, -0.2) is 33.3 Å². The van der Waals surface area contributed by atoms with E-state index < -0.39 is 35.1 Å². The monoisotopic (exact) mass is 665 g/mol. The Kier molecular flexibility index (Phi) is 6.94. The molecule has 0 spiro atoms. The highest BCUT2D eigenvalue weighted by Crippen LogP contribution is 2.45. The zero-order chi connectivity index (χ0) is 33.5. The average Bonchev–Trinajstić information content (AvgIpc) is 3.61. The maximum absolute atomic E-state index is 14.8. The van der Waals surface area contributed by atoms with Gasteiger partial charge in [0.25, 0.3) is 5.56 Å². The molecule has 1 amide bonds. The molecule has 0 saturated carbocycles. The maximum Gasteiger partial charge on any atom is 0.407 e. The van der Waals surface area contributed by atoms with E-state index in [4.69, 9.17) is 26.1 Å². The van der Waals surface area contributed by atoms with E-state index in [0.717, 1.165) is 22.3 Å². The second-order valence-corrected chi connectivity index (χ2v) is 12.8. The third-order valence-electron chi connectivity index (χ3n) is 9.88. The predicted octanol–water partition coefficient (Wildman–Crippen LogP) is 6.47. The summed E-state index contributed by atoms with van der Waals surface area (Å²) in [6.07, 6.45) is -0.654. The minimum absolute atomic E-state index is 0.00418. The van der Waals surface area contributed by atoms with Crippen LogP contribution in [0.2, 0.25) is 5.02 Å². The number of carbonyl (C=O) groups is 2. The van der Waals surface area contributed by atoms with E-state index in [1.807, 2.05) is 36.4 Å². The summed E-state index contributed by atoms with van der Waals surface area (Å²) in [5.74, 6) is -1.63. The van der Waals surface area contributed by atoms with Gasteiger partial charge in [0.2, 0.25) is 0 Å². The van der Waals surface area contributed by atoms with Gasteiger partial charge < -0.3 is 24.5 Å². The predicted molar refractivity (Wildman–Crippen MR) is 176 cm³/mol. The molecular formula is C37H29ClFN3O6. The van der Waals surface area contributed by atoms with E-state index >= 15 is 0 Å². The fourth-order valence-corrected chi connectivity index (χ4v) is 7.65. The number of benzene rings is 3. The quantitative estimate of drug-likeness (QED) is 0.203. The van der Waals surface area contributed by atoms with Crippen LogP contribution in [0, 0.1) is 5.82 Å². The lowest BCUT2D eigenvalue weighted by atomic mass is 9.86. The first kappa shape index (κ1) is 30.3. The molecule has 5 aromatic rings. The van der Waals surface area contributed by atoms with Crippen molar-refractivity contribution in [1.29, 1.82) is 0 Å². The van der Waals surface area contributed by atoms with Crippen LogP contribution in [0.4, 0.5) is 9.18 Å². The van der Waals surface area contributed by atoms with Crippen molar-refractivity contribution in [1.82, 2.24) is 14.9 Å². The summed E-state index contributed by atoms with van der Waals surface area (Å²) in [4.78, 5) is 44.5. The van der Waals surface area contributed by atoms with Gasteiger partial charge in [-0.2, -0.15) is 0 Å². The molecule has 2 aromatic heterocycles. The fourth-order valence-electron chi connectivity index (χ4n) is 7.49. The highest BCUT2D eigenvalue weighted by atomic mass is 35.5. The number of hydrogen-bond donors (Lipinski definition) is 2. The normalized spacial score (nSPS) is 18.0. The van der Waals surface area contributed by atoms with Gasteiger partial charge >= 0.3 is 12.1 Å². The van der Waals surface area contributed by atoms with Crippen molar-refractivity contribution in [3.05, 3.63) is 121 Å². The molecule has 2 atom stereocenters. The summed E-state index contributed by atoms with van der Waals surface area (Å²) in [5, 5.41) is 14.6. The Labute approximate surface area is 278 Å². The van der Waals surface area contributed by atoms with Crippen molar-refractivity contribution in [3.63, 3.8) is 0 Å². The van der Waals surface area contributed by atoms with Crippen molar-refractivity contribution in [2.24, 2.45) is 0 Å². The molecule has 0 bridgehead atoms. The summed E-state index contributed by atoms with van der Waals surface area (Å²) < 4.78 is 27.3. The first-order valence-electron chi connectivity index (χ1n) is 15.7. The number of esters is 1. The molecule has 4 heterocycles. The van der Waals surface area contributed by atoms with Crippen LogP contribution in [0.15, 0.2) is 71.5 Å². The minimum Gasteiger partial charge on any atom is -0.458 e. The standard InChI is InChI=1S/C37H29ClFN3O6/c1-3-37(46)27-13-31-33-24(15-42(31)34(43)26(27)17-47-35(37)44)32(23-12-28(38)29(39)14-30(23)41-33)18(2)40-36(45)48-16-25-21-10-6-4-8-19(21)20-9-5-7-11-22(20)25/h4-14,18,25,46H,3,15-17H2,1-2H3,(H,40,45)/t18-,37-/m0/s1. The first-order chi connectivity index (χ1) is 23.1. The maximum atomic E-state index is 14.8. The number of alkyl carbamates (subject to hydrolysis) is 1. The number of ether oxygens (including phenoxy) is 2. The minimum atomic E-state index is -2.00. The molecule has 3 aliphatic rings. The number of nitrogens with zero attached hydrogens (tertiary/aromatic N) is 2. The molecule has 0 saturated heterocycles. The highest BCUT2D eigenvalue weighted by molar-refractivity contribution is 6.31. The number of amides is 1. The molecular weight excluding hydrogens is 637 g/mol. The Bertz CT molecular complexity index is 2240. The first-order valence-corrected chi connectivity index (χ1v) is 16.1. The smallest absolute Gasteiger partial charge is 0.407 e. The van der Waals surface area contributed by atoms with E-state index in [1.165, 1.54) is 16.7 Å². The third kappa shape index (κ3) is 4.39. The number of carbonyl (C=O) groups excluding carboxylic acids is 2. The summed E-state index contributed by atoms with van der Waals surface area (Å²) in [5.41, 5.74) is 4.51. The van der Waals surface area contributed by atoms with Crippen molar-refractivity contribution in [2.75, 3.05) is 6.61 Å². The third-order valence-corrected chi connectivity index (χ3v) is 10.2. The van der Waals surface area contributed by atoms with Crippen molar-refractivity contribution < 1.29 is 28.6 Å². The van der Waals surface area contributed by atoms with Gasteiger partial charge in [-0.1, -0.05) is 67.1 Å². The average molecular weight is 666 g/mol. The molecule has 8 rings (SSSR count). The van der Waals surface area contributed by atoms with Gasteiger partial charge in [0.1, 0.15) is 19.0 Å². The highest BCUT2D eigenvalue weighted by Gasteiger charge is 2.45. The van der Waals surface area contributed by atoms with E-state index in [0.29, 0.717) is 27.9 Å². The molecule has 2 N–H and O–H groups in total. The summed E-state index contributed by atoms with van der Waals surface area (Å²) in [6, 6.07) is 19.7. The second-order valence-electron chi connectivity index (χ2n) is 12.4. The number of rotatable bonds is 5. The molecule has 1 aliphatic carbocycles. The van der Waals surface area contributed by atoms with Crippen LogP contribution in [0.5, 0.6) is 0 Å². The molecule has 2 aliphatic heterocycles. The number of hydrogen-bond acceptors (Lipinski definition) is 7. The molecule has 9 nitrogen and oxygen atoms in total. The summed E-state index contributed by atoms with van der Waals surface area (Å²) in [6.45, 7) is 3.33. The van der Waals surface area contributed by atoms with Gasteiger partial charge in [0.15, 0.2) is 5.60 Å². The summed E-state index contributed by atoms with van der Waals surface area (Å²) in [7, 11) is 0. The molecule has 3 aromatic carbocycles. The molecule has 0 unspecified atom stereocenters. The molecule has 11 heteroatoms. The van der Waals surface area contributed by atoms with Crippen LogP contribution < -0.4 is 10.9 Å². The fraction of sp³-hybridized carbons (Fsp3) is 0.243. The Morgan fingerprint density at radius 3 is 2.50 bits per heavy atom. The Morgan fingerprint density at radius 2 is 1.81 bits per heavy atom. The van der Waals surface area contributed by atoms with E-state index in [1.54, 1.807) is 19.9 Å². The number of fused-ring (bicyclic) bond motifs is 8. The van der Waals surface area contributed by atoms with Gasteiger partial charge in [0, 0.05) is 28.5 Å². The van der Waals surface area contributed by atoms with E-state index in [9.17, 15) is 23.9 Å².